The molecule has 1 N–H and O–H groups in total. The van der Waals surface area contributed by atoms with Gasteiger partial charge in [-0.15, -0.1) is 0 Å². The molecule has 0 amide bonds. The molecule has 0 aromatic carbocycles. The Hall–Kier alpha value is -0.590. The molecule has 1 aliphatic rings. The van der Waals surface area contributed by atoms with Gasteiger partial charge >= 0.3 is 0 Å². The molecule has 0 radical (unpaired) electrons. The van der Waals surface area contributed by atoms with E-state index in [0.29, 0.717) is 5.41 Å². The average molecular weight is 182 g/mol. The first-order valence-electron chi connectivity index (χ1n) is 4.84. The molecule has 0 saturated heterocycles. The van der Waals surface area contributed by atoms with Crippen LogP contribution in [0.15, 0.2) is 0 Å². The van der Waals surface area contributed by atoms with E-state index in [-0.39, 0.29) is 6.04 Å². The molecule has 0 aromatic rings. The fourth-order valence-corrected chi connectivity index (χ4v) is 1.43. The van der Waals surface area contributed by atoms with Gasteiger partial charge in [-0.2, -0.15) is 5.26 Å². The monoisotopic (exact) mass is 182 g/mol. The lowest BCUT2D eigenvalue weighted by Crippen LogP contribution is -2.31. The Morgan fingerprint density at radius 3 is 2.77 bits per heavy atom. The molecule has 0 aliphatic heterocycles. The Balaban J connectivity index is 2.16. The van der Waals surface area contributed by atoms with Crippen molar-refractivity contribution in [2.24, 2.45) is 5.41 Å². The second-order valence-electron chi connectivity index (χ2n) is 3.97. The number of rotatable bonds is 6. The van der Waals surface area contributed by atoms with Crippen LogP contribution < -0.4 is 5.32 Å². The molecule has 0 heterocycles. The van der Waals surface area contributed by atoms with Crippen molar-refractivity contribution in [2.45, 2.75) is 32.2 Å². The minimum atomic E-state index is -0.0278. The maximum absolute atomic E-state index is 8.59. The molecule has 1 atom stereocenters. The summed E-state index contributed by atoms with van der Waals surface area (Å²) >= 11 is 0. The van der Waals surface area contributed by atoms with Crippen molar-refractivity contribution in [3.63, 3.8) is 0 Å². The van der Waals surface area contributed by atoms with Crippen molar-refractivity contribution in [1.82, 2.24) is 5.32 Å². The second kappa shape index (κ2) is 4.59. The third-order valence-electron chi connectivity index (χ3n) is 2.77. The molecular formula is C10H18N2O. The molecule has 0 bridgehead atoms. The van der Waals surface area contributed by atoms with Crippen LogP contribution in [-0.4, -0.2) is 26.3 Å². The molecule has 1 rings (SSSR count). The molecule has 1 saturated carbocycles. The Labute approximate surface area is 80.1 Å². The smallest absolute Gasteiger partial charge is 0.0924 e. The van der Waals surface area contributed by atoms with Gasteiger partial charge in [0.2, 0.25) is 0 Å². The van der Waals surface area contributed by atoms with E-state index in [4.69, 9.17) is 10.00 Å². The molecule has 0 aromatic heterocycles. The molecule has 1 fully saturated rings. The molecule has 3 heteroatoms. The van der Waals surface area contributed by atoms with Crippen LogP contribution in [0.4, 0.5) is 0 Å². The van der Waals surface area contributed by atoms with Crippen LogP contribution in [0.5, 0.6) is 0 Å². The number of ether oxygens (including phenoxy) is 1. The SMILES string of the molecule is COCCC1(CNC(C)C#N)CC1. The van der Waals surface area contributed by atoms with Gasteiger partial charge in [-0.1, -0.05) is 0 Å². The van der Waals surface area contributed by atoms with Crippen molar-refractivity contribution >= 4 is 0 Å². The van der Waals surface area contributed by atoms with Crippen LogP contribution in [0.25, 0.3) is 0 Å². The van der Waals surface area contributed by atoms with Crippen LogP contribution in [0, 0.1) is 16.7 Å². The lowest BCUT2D eigenvalue weighted by molar-refractivity contribution is 0.171. The van der Waals surface area contributed by atoms with Gasteiger partial charge in [0.05, 0.1) is 12.1 Å². The van der Waals surface area contributed by atoms with Crippen LogP contribution in [0.3, 0.4) is 0 Å². The number of hydrogen-bond acceptors (Lipinski definition) is 3. The zero-order chi connectivity index (χ0) is 9.73. The van der Waals surface area contributed by atoms with Crippen molar-refractivity contribution < 1.29 is 4.74 Å². The largest absolute Gasteiger partial charge is 0.385 e. The highest BCUT2D eigenvalue weighted by atomic mass is 16.5. The normalized spacial score (nSPS) is 20.7. The summed E-state index contributed by atoms with van der Waals surface area (Å²) in [7, 11) is 1.74. The standard InChI is InChI=1S/C10H18N2O/c1-9(7-11)12-8-10(3-4-10)5-6-13-2/h9,12H,3-6,8H2,1-2H3. The van der Waals surface area contributed by atoms with Gasteiger partial charge in [-0.3, -0.25) is 0 Å². The number of hydrogen-bond donors (Lipinski definition) is 1. The van der Waals surface area contributed by atoms with E-state index in [1.165, 1.54) is 12.8 Å². The lowest BCUT2D eigenvalue weighted by Gasteiger charge is -2.16. The summed E-state index contributed by atoms with van der Waals surface area (Å²) < 4.78 is 5.06. The fraction of sp³-hybridized carbons (Fsp3) is 0.900. The molecule has 13 heavy (non-hydrogen) atoms. The molecular weight excluding hydrogens is 164 g/mol. The molecule has 1 aliphatic carbocycles. The quantitative estimate of drug-likeness (QED) is 0.673. The zero-order valence-corrected chi connectivity index (χ0v) is 8.47. The minimum absolute atomic E-state index is 0.0278. The van der Waals surface area contributed by atoms with Crippen LogP contribution in [0.2, 0.25) is 0 Å². The predicted octanol–water partition coefficient (Wildman–Crippen LogP) is 1.30. The Morgan fingerprint density at radius 2 is 2.31 bits per heavy atom. The Kier molecular flexibility index (Phi) is 3.71. The summed E-state index contributed by atoms with van der Waals surface area (Å²) in [5.74, 6) is 0. The van der Waals surface area contributed by atoms with Gasteiger partial charge < -0.3 is 10.1 Å². The van der Waals surface area contributed by atoms with E-state index in [1.54, 1.807) is 7.11 Å². The second-order valence-corrected chi connectivity index (χ2v) is 3.97. The Morgan fingerprint density at radius 1 is 1.62 bits per heavy atom. The van der Waals surface area contributed by atoms with E-state index in [2.05, 4.69) is 11.4 Å². The highest BCUT2D eigenvalue weighted by Gasteiger charge is 2.41. The predicted molar refractivity (Wildman–Crippen MR) is 51.2 cm³/mol. The number of methoxy groups -OCH3 is 1. The average Bonchev–Trinajstić information content (AvgIpc) is 2.92. The third kappa shape index (κ3) is 3.33. The van der Waals surface area contributed by atoms with Crippen LogP contribution in [0.1, 0.15) is 26.2 Å². The maximum Gasteiger partial charge on any atom is 0.0924 e. The summed E-state index contributed by atoms with van der Waals surface area (Å²) in [6, 6.07) is 2.15. The van der Waals surface area contributed by atoms with Crippen LogP contribution in [-0.2, 0) is 4.74 Å². The van der Waals surface area contributed by atoms with E-state index in [1.807, 2.05) is 6.92 Å². The minimum Gasteiger partial charge on any atom is -0.385 e. The summed E-state index contributed by atoms with van der Waals surface area (Å²) in [4.78, 5) is 0. The topological polar surface area (TPSA) is 45.0 Å². The van der Waals surface area contributed by atoms with E-state index in [9.17, 15) is 0 Å². The van der Waals surface area contributed by atoms with Gasteiger partial charge in [0.1, 0.15) is 0 Å². The maximum atomic E-state index is 8.59. The summed E-state index contributed by atoms with van der Waals surface area (Å²) in [5, 5.41) is 11.8. The van der Waals surface area contributed by atoms with Gasteiger partial charge in [0.15, 0.2) is 0 Å². The van der Waals surface area contributed by atoms with Crippen molar-refractivity contribution in [3.05, 3.63) is 0 Å². The third-order valence-corrected chi connectivity index (χ3v) is 2.77. The zero-order valence-electron chi connectivity index (χ0n) is 8.47. The first kappa shape index (κ1) is 10.5. The molecule has 1 unspecified atom stereocenters. The first-order chi connectivity index (χ1) is 6.22. The summed E-state index contributed by atoms with van der Waals surface area (Å²) in [5.41, 5.74) is 0.446. The first-order valence-corrected chi connectivity index (χ1v) is 4.84. The Bertz CT molecular complexity index is 194. The van der Waals surface area contributed by atoms with E-state index < -0.39 is 0 Å². The van der Waals surface area contributed by atoms with Crippen molar-refractivity contribution in [1.29, 1.82) is 5.26 Å². The summed E-state index contributed by atoms with van der Waals surface area (Å²) in [6.07, 6.45) is 3.68. The highest BCUT2D eigenvalue weighted by molar-refractivity contribution is 4.97. The van der Waals surface area contributed by atoms with Gasteiger partial charge in [0.25, 0.3) is 0 Å². The van der Waals surface area contributed by atoms with Crippen molar-refractivity contribution in [3.8, 4) is 6.07 Å². The number of nitrogens with zero attached hydrogens (tertiary/aromatic N) is 1. The van der Waals surface area contributed by atoms with Gasteiger partial charge in [-0.25, -0.2) is 0 Å². The van der Waals surface area contributed by atoms with Crippen LogP contribution >= 0.6 is 0 Å². The summed E-state index contributed by atoms with van der Waals surface area (Å²) in [6.45, 7) is 3.69. The lowest BCUT2D eigenvalue weighted by atomic mass is 10.0. The van der Waals surface area contributed by atoms with Gasteiger partial charge in [-0.05, 0) is 31.6 Å². The number of nitriles is 1. The van der Waals surface area contributed by atoms with E-state index >= 15 is 0 Å². The number of nitrogens with one attached hydrogen (secondary N) is 1. The van der Waals surface area contributed by atoms with E-state index in [0.717, 1.165) is 19.6 Å². The van der Waals surface area contributed by atoms with Crippen molar-refractivity contribution in [2.75, 3.05) is 20.3 Å². The van der Waals surface area contributed by atoms with Gasteiger partial charge in [0, 0.05) is 20.3 Å². The highest BCUT2D eigenvalue weighted by Crippen LogP contribution is 2.48. The molecule has 3 nitrogen and oxygen atoms in total. The molecule has 0 spiro atoms. The molecule has 74 valence electrons. The fourth-order valence-electron chi connectivity index (χ4n) is 1.43.